The summed E-state index contributed by atoms with van der Waals surface area (Å²) in [5.41, 5.74) is 1.38. The maximum atomic E-state index is 12.3. The second-order valence-electron chi connectivity index (χ2n) is 5.80. The summed E-state index contributed by atoms with van der Waals surface area (Å²) in [4.78, 5) is 25.3. The Morgan fingerprint density at radius 1 is 1.22 bits per heavy atom. The van der Waals surface area contributed by atoms with E-state index in [1.54, 1.807) is 0 Å². The molecule has 2 rings (SSSR count). The predicted molar refractivity (Wildman–Crippen MR) is 93.6 cm³/mol. The molecule has 126 valence electrons. The number of nitrogens with zero attached hydrogens (tertiary/aromatic N) is 1. The molecule has 0 aliphatic carbocycles. The summed E-state index contributed by atoms with van der Waals surface area (Å²) in [7, 11) is 1.38. The lowest BCUT2D eigenvalue weighted by atomic mass is 9.92. The number of benzene rings is 1. The van der Waals surface area contributed by atoms with Gasteiger partial charge in [-0.1, -0.05) is 30.3 Å². The predicted octanol–water partition coefficient (Wildman–Crippen LogP) is 3.08. The van der Waals surface area contributed by atoms with E-state index in [4.69, 9.17) is 0 Å². The van der Waals surface area contributed by atoms with Crippen LogP contribution >= 0.6 is 11.8 Å². The van der Waals surface area contributed by atoms with Crippen molar-refractivity contribution in [3.63, 3.8) is 0 Å². The molecule has 0 spiro atoms. The van der Waals surface area contributed by atoms with Crippen LogP contribution in [0.15, 0.2) is 30.3 Å². The monoisotopic (exact) mass is 335 g/mol. The highest BCUT2D eigenvalue weighted by atomic mass is 32.2. The number of thioether (sulfide) groups is 1. The summed E-state index contributed by atoms with van der Waals surface area (Å²) >= 11 is 1.46. The molecule has 1 atom stereocenters. The van der Waals surface area contributed by atoms with Gasteiger partial charge in [0.25, 0.3) is 0 Å². The summed E-state index contributed by atoms with van der Waals surface area (Å²) in [6, 6.07) is 10.6. The smallest absolute Gasteiger partial charge is 0.315 e. The van der Waals surface area contributed by atoms with Gasteiger partial charge in [0.05, 0.1) is 12.9 Å². The minimum Gasteiger partial charge on any atom is -0.468 e. The van der Waals surface area contributed by atoms with Gasteiger partial charge in [-0.3, -0.25) is 9.59 Å². The first-order chi connectivity index (χ1) is 11.2. The second kappa shape index (κ2) is 9.60. The van der Waals surface area contributed by atoms with Gasteiger partial charge in [0.15, 0.2) is 0 Å². The Bertz CT molecular complexity index is 506. The molecule has 4 nitrogen and oxygen atoms in total. The van der Waals surface area contributed by atoms with Crippen molar-refractivity contribution in [1.82, 2.24) is 4.90 Å². The number of carbonyl (C=O) groups excluding carboxylic acids is 2. The summed E-state index contributed by atoms with van der Waals surface area (Å²) in [5, 5.41) is 0. The molecule has 1 unspecified atom stereocenters. The van der Waals surface area contributed by atoms with E-state index in [-0.39, 0.29) is 11.9 Å². The minimum atomic E-state index is -0.233. The normalized spacial score (nSPS) is 18.3. The van der Waals surface area contributed by atoms with Gasteiger partial charge < -0.3 is 9.64 Å². The molecule has 1 aliphatic rings. The average molecular weight is 335 g/mol. The zero-order chi connectivity index (χ0) is 16.5. The Kier molecular flexibility index (Phi) is 7.46. The van der Waals surface area contributed by atoms with Crippen LogP contribution in [-0.2, 0) is 14.3 Å². The van der Waals surface area contributed by atoms with Crippen LogP contribution in [0, 0.1) is 0 Å². The van der Waals surface area contributed by atoms with Crippen molar-refractivity contribution >= 4 is 23.6 Å². The number of amides is 1. The SMILES string of the molecule is COC(=O)CSCCC(=O)N1CCCC(c2ccccc2)CC1. The summed E-state index contributed by atoms with van der Waals surface area (Å²) < 4.78 is 4.59. The number of hydrogen-bond acceptors (Lipinski definition) is 4. The number of ether oxygens (including phenoxy) is 1. The van der Waals surface area contributed by atoms with Crippen LogP contribution in [0.25, 0.3) is 0 Å². The second-order valence-corrected chi connectivity index (χ2v) is 6.90. The van der Waals surface area contributed by atoms with Crippen molar-refractivity contribution in [3.8, 4) is 0 Å². The molecule has 0 aromatic heterocycles. The van der Waals surface area contributed by atoms with E-state index in [2.05, 4.69) is 29.0 Å². The highest BCUT2D eigenvalue weighted by Crippen LogP contribution is 2.28. The van der Waals surface area contributed by atoms with E-state index in [9.17, 15) is 9.59 Å². The standard InChI is InChI=1S/C18H25NO3S/c1-22-18(21)14-23-13-10-17(20)19-11-5-8-16(9-12-19)15-6-3-2-4-7-15/h2-4,6-7,16H,5,8-14H2,1H3. The highest BCUT2D eigenvalue weighted by molar-refractivity contribution is 7.99. The maximum Gasteiger partial charge on any atom is 0.315 e. The summed E-state index contributed by atoms with van der Waals surface area (Å²) in [6.07, 6.45) is 3.73. The lowest BCUT2D eigenvalue weighted by Crippen LogP contribution is -2.32. The molecule has 0 bridgehead atoms. The molecule has 1 amide bonds. The fourth-order valence-electron chi connectivity index (χ4n) is 2.94. The zero-order valence-electron chi connectivity index (χ0n) is 13.7. The molecule has 0 radical (unpaired) electrons. The quantitative estimate of drug-likeness (QED) is 0.592. The Hall–Kier alpha value is -1.49. The topological polar surface area (TPSA) is 46.6 Å². The van der Waals surface area contributed by atoms with Gasteiger partial charge in [0, 0.05) is 25.3 Å². The van der Waals surface area contributed by atoms with Gasteiger partial charge in [-0.25, -0.2) is 0 Å². The van der Waals surface area contributed by atoms with Crippen molar-refractivity contribution in [2.45, 2.75) is 31.6 Å². The number of esters is 1. The van der Waals surface area contributed by atoms with Crippen LogP contribution in [-0.4, -0.2) is 48.5 Å². The molecule has 1 aliphatic heterocycles. The fourth-order valence-corrected chi connectivity index (χ4v) is 3.68. The number of rotatable bonds is 6. The van der Waals surface area contributed by atoms with Crippen LogP contribution in [0.4, 0.5) is 0 Å². The molecule has 5 heteroatoms. The third-order valence-corrected chi connectivity index (χ3v) is 5.19. The van der Waals surface area contributed by atoms with Crippen molar-refractivity contribution in [2.75, 3.05) is 31.7 Å². The van der Waals surface area contributed by atoms with Crippen LogP contribution in [0.5, 0.6) is 0 Å². The van der Waals surface area contributed by atoms with Gasteiger partial charge in [0.2, 0.25) is 5.91 Å². The Balaban J connectivity index is 1.74. The van der Waals surface area contributed by atoms with E-state index in [0.29, 0.717) is 23.8 Å². The molecule has 0 N–H and O–H groups in total. The summed E-state index contributed by atoms with van der Waals surface area (Å²) in [6.45, 7) is 1.68. The number of carbonyl (C=O) groups is 2. The highest BCUT2D eigenvalue weighted by Gasteiger charge is 2.21. The van der Waals surface area contributed by atoms with Crippen LogP contribution in [0.2, 0.25) is 0 Å². The van der Waals surface area contributed by atoms with Gasteiger partial charge in [-0.2, -0.15) is 0 Å². The minimum absolute atomic E-state index is 0.205. The van der Waals surface area contributed by atoms with Crippen molar-refractivity contribution in [1.29, 1.82) is 0 Å². The average Bonchev–Trinajstić information content (AvgIpc) is 2.85. The van der Waals surface area contributed by atoms with Crippen LogP contribution < -0.4 is 0 Å². The van der Waals surface area contributed by atoms with Crippen LogP contribution in [0.1, 0.15) is 37.2 Å². The number of methoxy groups -OCH3 is 1. The van der Waals surface area contributed by atoms with Crippen LogP contribution in [0.3, 0.4) is 0 Å². The van der Waals surface area contributed by atoms with E-state index in [1.165, 1.54) is 24.4 Å². The molecule has 23 heavy (non-hydrogen) atoms. The molecular weight excluding hydrogens is 310 g/mol. The zero-order valence-corrected chi connectivity index (χ0v) is 14.5. The first-order valence-electron chi connectivity index (χ1n) is 8.18. The largest absolute Gasteiger partial charge is 0.468 e. The van der Waals surface area contributed by atoms with Crippen molar-refractivity contribution in [3.05, 3.63) is 35.9 Å². The van der Waals surface area contributed by atoms with Gasteiger partial charge in [-0.15, -0.1) is 11.8 Å². The Morgan fingerprint density at radius 3 is 2.74 bits per heavy atom. The van der Waals surface area contributed by atoms with Gasteiger partial charge in [-0.05, 0) is 30.7 Å². The molecule has 1 aromatic carbocycles. The first-order valence-corrected chi connectivity index (χ1v) is 9.33. The third-order valence-electron chi connectivity index (χ3n) is 4.26. The van der Waals surface area contributed by atoms with Gasteiger partial charge in [0.1, 0.15) is 0 Å². The Morgan fingerprint density at radius 2 is 2.00 bits per heavy atom. The van der Waals surface area contributed by atoms with Gasteiger partial charge >= 0.3 is 5.97 Å². The fraction of sp³-hybridized carbons (Fsp3) is 0.556. The summed E-state index contributed by atoms with van der Waals surface area (Å²) in [5.74, 6) is 1.52. The lowest BCUT2D eigenvalue weighted by molar-refractivity contribution is -0.137. The maximum absolute atomic E-state index is 12.3. The van der Waals surface area contributed by atoms with E-state index in [1.807, 2.05) is 11.0 Å². The lowest BCUT2D eigenvalue weighted by Gasteiger charge is -2.20. The molecule has 1 saturated heterocycles. The molecule has 1 heterocycles. The van der Waals surface area contributed by atoms with E-state index >= 15 is 0 Å². The van der Waals surface area contributed by atoms with E-state index < -0.39 is 0 Å². The van der Waals surface area contributed by atoms with E-state index in [0.717, 1.165) is 32.4 Å². The molecular formula is C18H25NO3S. The van der Waals surface area contributed by atoms with Crippen molar-refractivity contribution < 1.29 is 14.3 Å². The first kappa shape index (κ1) is 17.9. The molecule has 0 saturated carbocycles. The number of hydrogen-bond donors (Lipinski definition) is 0. The Labute approximate surface area is 142 Å². The third kappa shape index (κ3) is 5.90. The molecule has 1 aromatic rings. The molecule has 1 fully saturated rings. The van der Waals surface area contributed by atoms with Crippen molar-refractivity contribution in [2.24, 2.45) is 0 Å². The number of likely N-dealkylation sites (tertiary alicyclic amines) is 1.